The third-order valence-electron chi connectivity index (χ3n) is 17.8. The Balaban J connectivity index is 1.31. The first-order valence-corrected chi connectivity index (χ1v) is 30.5. The lowest BCUT2D eigenvalue weighted by atomic mass is 9.68. The number of methoxy groups -OCH3 is 1. The van der Waals surface area contributed by atoms with Crippen molar-refractivity contribution in [3.63, 3.8) is 0 Å². The average molecular weight is 1090 g/mol. The molecule has 0 aliphatic carbocycles. The Labute approximate surface area is 461 Å². The standard InChI is InChI=1S/C62H96N2O12P/c1-14-51-62(10,71)55(67)44(6)64(52(65)34-26-15-16-27-35-77(46-28-20-17-21-29-46,47-30-22-18-23-31-47)48-32-24-19-25-33-48)39-40(2)37-60(8,70)57(76-59-54(66)49(63(11)12)36-41(3)73-59)42(4)53(43(5)58(69)75-51)50-38-61(9,72-13)56(68)45(7)74-50/h17-25,28-33,40-45,49-51,53-57,59,66-68,70-71H,14-16,26-27,34-39H2,1-13H3/q+1/t40-,41-,42+,43-,44-,45+,49+,50-,51-,53?,54-,55-,56+,57-,59+,60-,61-,62-/m1/s1. The number of benzene rings is 3. The number of hydrogen-bond donors (Lipinski definition) is 5. The number of nitrogens with zero attached hydrogens (tertiary/aromatic N) is 2. The molecule has 6 rings (SSSR count). The lowest BCUT2D eigenvalue weighted by molar-refractivity contribution is -0.302. The molecule has 3 aliphatic heterocycles. The second kappa shape index (κ2) is 26.9. The SMILES string of the molecule is CC[C@H]1OC(=O)[C@H](C)C([C@H]2C[C@@](C)(OC)[C@@H](O)[C@H](C)O2)[C@H](C)[C@@H](O[C@@H]2O[C@H](C)C[C@H](N(C)C)[C@H]2O)[C@](C)(O)C[C@@H](C)CN(C(=O)CCCCCC[P+](c2ccccc2)(c2ccccc2)c2ccccc2)[C@H](C)[C@@H](O)[C@]1(C)O. The summed E-state index contributed by atoms with van der Waals surface area (Å²) in [6.45, 7) is 17.8. The molecule has 0 saturated carbocycles. The van der Waals surface area contributed by atoms with Gasteiger partial charge in [0.1, 0.15) is 53.2 Å². The summed E-state index contributed by atoms with van der Waals surface area (Å²) in [6, 6.07) is 31.2. The van der Waals surface area contributed by atoms with Gasteiger partial charge in [-0.3, -0.25) is 9.59 Å². The van der Waals surface area contributed by atoms with Crippen molar-refractivity contribution in [3.05, 3.63) is 91.0 Å². The molecular weight excluding hydrogens is 996 g/mol. The van der Waals surface area contributed by atoms with Crippen molar-refractivity contribution in [3.8, 4) is 0 Å². The lowest BCUT2D eigenvalue weighted by Gasteiger charge is -2.51. The maximum atomic E-state index is 14.8. The number of unbranched alkanes of at least 4 members (excludes halogenated alkanes) is 3. The predicted octanol–water partition coefficient (Wildman–Crippen LogP) is 7.02. The number of hydrogen-bond acceptors (Lipinski definition) is 13. The van der Waals surface area contributed by atoms with Crippen molar-refractivity contribution < 1.29 is 58.8 Å². The van der Waals surface area contributed by atoms with Crippen molar-refractivity contribution in [1.82, 2.24) is 9.80 Å². The number of aliphatic hydroxyl groups is 5. The van der Waals surface area contributed by atoms with Crippen LogP contribution in [0.25, 0.3) is 0 Å². The highest BCUT2D eigenvalue weighted by Gasteiger charge is 2.55. The first-order valence-electron chi connectivity index (χ1n) is 28.6. The molecule has 3 aliphatic rings. The smallest absolute Gasteiger partial charge is 0.309 e. The van der Waals surface area contributed by atoms with Gasteiger partial charge in [0.05, 0.1) is 53.7 Å². The van der Waals surface area contributed by atoms with Crippen molar-refractivity contribution in [2.24, 2.45) is 23.7 Å². The monoisotopic (exact) mass is 1090 g/mol. The minimum absolute atomic E-state index is 0.0924. The van der Waals surface area contributed by atoms with E-state index in [0.29, 0.717) is 12.8 Å². The van der Waals surface area contributed by atoms with Crippen LogP contribution in [-0.4, -0.2) is 165 Å². The van der Waals surface area contributed by atoms with Crippen molar-refractivity contribution >= 4 is 35.1 Å². The first kappa shape index (κ1) is 62.8. The third kappa shape index (κ3) is 14.2. The number of carbonyl (C=O) groups is 2. The number of carbonyl (C=O) groups excluding carboxylic acids is 2. The molecule has 3 fully saturated rings. The van der Waals surface area contributed by atoms with Gasteiger partial charge in [0, 0.05) is 38.5 Å². The lowest BCUT2D eigenvalue weighted by Crippen LogP contribution is -2.61. The zero-order valence-corrected chi connectivity index (χ0v) is 49.4. The van der Waals surface area contributed by atoms with Crippen LogP contribution < -0.4 is 15.9 Å². The van der Waals surface area contributed by atoms with Crippen molar-refractivity contribution in [2.45, 2.75) is 211 Å². The first-order chi connectivity index (χ1) is 36.3. The van der Waals surface area contributed by atoms with E-state index < -0.39 is 109 Å². The Morgan fingerprint density at radius 3 is 1.84 bits per heavy atom. The van der Waals surface area contributed by atoms with Crippen LogP contribution in [0.15, 0.2) is 91.0 Å². The van der Waals surface area contributed by atoms with Gasteiger partial charge in [-0.2, -0.15) is 0 Å². The minimum atomic E-state index is -2.02. The van der Waals surface area contributed by atoms with Crippen LogP contribution in [0.1, 0.15) is 127 Å². The van der Waals surface area contributed by atoms with Gasteiger partial charge in [0.15, 0.2) is 6.29 Å². The van der Waals surface area contributed by atoms with E-state index in [-0.39, 0.29) is 50.3 Å². The van der Waals surface area contributed by atoms with E-state index in [4.69, 9.17) is 23.7 Å². The van der Waals surface area contributed by atoms with Gasteiger partial charge in [-0.15, -0.1) is 0 Å². The molecule has 1 amide bonds. The molecule has 3 heterocycles. The Morgan fingerprint density at radius 1 is 0.779 bits per heavy atom. The zero-order valence-electron chi connectivity index (χ0n) is 48.5. The molecule has 18 atom stereocenters. The van der Waals surface area contributed by atoms with Gasteiger partial charge in [-0.05, 0) is 142 Å². The number of amides is 1. The molecule has 5 N–H and O–H groups in total. The third-order valence-corrected chi connectivity index (χ3v) is 22.3. The second-order valence-corrected chi connectivity index (χ2v) is 27.7. The van der Waals surface area contributed by atoms with Crippen LogP contribution in [0.4, 0.5) is 0 Å². The topological polar surface area (TPSA) is 188 Å². The Kier molecular flexibility index (Phi) is 22.0. The summed E-state index contributed by atoms with van der Waals surface area (Å²) in [5.41, 5.74) is -4.76. The van der Waals surface area contributed by atoms with Crippen LogP contribution in [0.5, 0.6) is 0 Å². The second-order valence-electron chi connectivity index (χ2n) is 24.1. The summed E-state index contributed by atoms with van der Waals surface area (Å²) in [6.07, 6.45) is -3.45. The predicted molar refractivity (Wildman–Crippen MR) is 305 cm³/mol. The zero-order chi connectivity index (χ0) is 56.6. The summed E-state index contributed by atoms with van der Waals surface area (Å²) >= 11 is 0. The van der Waals surface area contributed by atoms with Crippen molar-refractivity contribution in [2.75, 3.05) is 33.9 Å². The molecule has 0 aromatic heterocycles. The molecule has 3 aromatic carbocycles. The van der Waals surface area contributed by atoms with E-state index in [9.17, 15) is 35.1 Å². The Hall–Kier alpha value is -3.37. The van der Waals surface area contributed by atoms with Crippen LogP contribution in [0.3, 0.4) is 0 Å². The van der Waals surface area contributed by atoms with Crippen molar-refractivity contribution in [1.29, 1.82) is 0 Å². The van der Waals surface area contributed by atoms with Gasteiger partial charge in [0.25, 0.3) is 0 Å². The van der Waals surface area contributed by atoms with Gasteiger partial charge in [-0.25, -0.2) is 0 Å². The summed E-state index contributed by atoms with van der Waals surface area (Å²) in [4.78, 5) is 33.2. The van der Waals surface area contributed by atoms with Gasteiger partial charge in [-0.1, -0.05) is 88.7 Å². The van der Waals surface area contributed by atoms with Crippen LogP contribution >= 0.6 is 7.26 Å². The Morgan fingerprint density at radius 2 is 1.32 bits per heavy atom. The number of aliphatic hydroxyl groups excluding tert-OH is 3. The quantitative estimate of drug-likeness (QED) is 0.0561. The summed E-state index contributed by atoms with van der Waals surface area (Å²) < 4.78 is 32.2. The molecule has 1 unspecified atom stereocenters. The summed E-state index contributed by atoms with van der Waals surface area (Å²) in [5.74, 6) is -3.70. The van der Waals surface area contributed by atoms with Crippen LogP contribution in [-0.2, 0) is 33.3 Å². The fourth-order valence-electron chi connectivity index (χ4n) is 13.4. The van der Waals surface area contributed by atoms with E-state index in [1.165, 1.54) is 29.9 Å². The molecule has 0 spiro atoms. The van der Waals surface area contributed by atoms with E-state index in [0.717, 1.165) is 25.4 Å². The molecule has 3 aromatic rings. The summed E-state index contributed by atoms with van der Waals surface area (Å²) in [7, 11) is 3.30. The number of ether oxygens (including phenoxy) is 5. The molecule has 14 nitrogen and oxygen atoms in total. The van der Waals surface area contributed by atoms with E-state index >= 15 is 0 Å². The normalized spacial score (nSPS) is 37.2. The number of likely N-dealkylation sites (N-methyl/N-ethyl adjacent to an activating group) is 1. The van der Waals surface area contributed by atoms with Gasteiger partial charge < -0.3 is 59.0 Å². The highest BCUT2D eigenvalue weighted by Crippen LogP contribution is 2.56. The molecule has 0 bridgehead atoms. The average Bonchev–Trinajstić information content (AvgIpc) is 3.43. The number of esters is 1. The fourth-order valence-corrected chi connectivity index (χ4v) is 17.8. The molecule has 430 valence electrons. The maximum absolute atomic E-state index is 14.8. The van der Waals surface area contributed by atoms with Gasteiger partial charge >= 0.3 is 5.97 Å². The van der Waals surface area contributed by atoms with Gasteiger partial charge in [0.2, 0.25) is 5.91 Å². The molecule has 0 radical (unpaired) electrons. The van der Waals surface area contributed by atoms with E-state index in [1.54, 1.807) is 46.4 Å². The highest BCUT2D eigenvalue weighted by molar-refractivity contribution is 7.95. The maximum Gasteiger partial charge on any atom is 0.309 e. The highest BCUT2D eigenvalue weighted by atomic mass is 31.2. The fraction of sp³-hybridized carbons (Fsp3) is 0.677. The molecule has 77 heavy (non-hydrogen) atoms. The molecule has 15 heteroatoms. The Bertz CT molecular complexity index is 2200. The van der Waals surface area contributed by atoms with E-state index in [1.807, 2.05) is 39.8 Å². The number of rotatable bonds is 16. The van der Waals surface area contributed by atoms with Crippen LogP contribution in [0, 0.1) is 23.7 Å². The minimum Gasteiger partial charge on any atom is -0.459 e. The largest absolute Gasteiger partial charge is 0.459 e. The molecular formula is C62H96N2O12P+. The van der Waals surface area contributed by atoms with E-state index in [2.05, 4.69) is 91.0 Å². The summed E-state index contributed by atoms with van der Waals surface area (Å²) in [5, 5.41) is 65.1. The van der Waals surface area contributed by atoms with Crippen LogP contribution in [0.2, 0.25) is 0 Å². The number of cyclic esters (lactones) is 1. The molecule has 3 saturated heterocycles.